The Morgan fingerprint density at radius 1 is 1.41 bits per heavy atom. The van der Waals surface area contributed by atoms with Gasteiger partial charge in [0.2, 0.25) is 11.8 Å². The Hall–Kier alpha value is -1.82. The van der Waals surface area contributed by atoms with Crippen molar-refractivity contribution in [3.05, 3.63) is 41.0 Å². The SMILES string of the molecule is Cc1ccc(C)c(SCc2noc([C@@H]3CC(=O)N(C)C3)n2)c1. The summed E-state index contributed by atoms with van der Waals surface area (Å²) in [6.07, 6.45) is 0.461. The first-order valence-electron chi connectivity index (χ1n) is 7.29. The molecular weight excluding hydrogens is 298 g/mol. The molecule has 6 heteroatoms. The van der Waals surface area contributed by atoms with E-state index in [1.807, 2.05) is 0 Å². The largest absolute Gasteiger partial charge is 0.345 e. The predicted molar refractivity (Wildman–Crippen MR) is 84.8 cm³/mol. The maximum absolute atomic E-state index is 11.6. The van der Waals surface area contributed by atoms with E-state index in [0.717, 1.165) is 0 Å². The van der Waals surface area contributed by atoms with Crippen molar-refractivity contribution >= 4 is 17.7 Å². The third kappa shape index (κ3) is 3.16. The van der Waals surface area contributed by atoms with Crippen molar-refractivity contribution in [2.24, 2.45) is 0 Å². The van der Waals surface area contributed by atoms with Crippen LogP contribution in [0.5, 0.6) is 0 Å². The molecule has 0 N–H and O–H groups in total. The molecule has 1 aromatic carbocycles. The lowest BCUT2D eigenvalue weighted by Gasteiger charge is -2.06. The Morgan fingerprint density at radius 2 is 2.23 bits per heavy atom. The van der Waals surface area contributed by atoms with E-state index in [9.17, 15) is 4.79 Å². The Kier molecular flexibility index (Phi) is 4.20. The number of hydrogen-bond acceptors (Lipinski definition) is 5. The van der Waals surface area contributed by atoms with E-state index in [0.29, 0.717) is 30.4 Å². The van der Waals surface area contributed by atoms with Crippen LogP contribution in [0, 0.1) is 13.8 Å². The van der Waals surface area contributed by atoms with Crippen LogP contribution in [0.2, 0.25) is 0 Å². The van der Waals surface area contributed by atoms with Crippen molar-refractivity contribution in [3.8, 4) is 0 Å². The highest BCUT2D eigenvalue weighted by Gasteiger charge is 2.32. The zero-order valence-electron chi connectivity index (χ0n) is 13.0. The lowest BCUT2D eigenvalue weighted by molar-refractivity contribution is -0.126. The number of aromatic nitrogens is 2. The molecule has 0 saturated carbocycles. The molecule has 2 heterocycles. The first-order chi connectivity index (χ1) is 10.5. The monoisotopic (exact) mass is 317 g/mol. The highest BCUT2D eigenvalue weighted by molar-refractivity contribution is 7.98. The number of hydrogen-bond donors (Lipinski definition) is 0. The summed E-state index contributed by atoms with van der Waals surface area (Å²) >= 11 is 1.71. The maximum atomic E-state index is 11.6. The average Bonchev–Trinajstić information content (AvgIpc) is 3.08. The number of aryl methyl sites for hydroxylation is 2. The molecule has 1 saturated heterocycles. The van der Waals surface area contributed by atoms with Crippen molar-refractivity contribution in [2.75, 3.05) is 13.6 Å². The van der Waals surface area contributed by atoms with Gasteiger partial charge in [0.05, 0.1) is 11.7 Å². The van der Waals surface area contributed by atoms with Gasteiger partial charge in [0.15, 0.2) is 5.82 Å². The summed E-state index contributed by atoms with van der Waals surface area (Å²) in [5.74, 6) is 2.10. The summed E-state index contributed by atoms with van der Waals surface area (Å²) in [6, 6.07) is 6.41. The second-order valence-electron chi connectivity index (χ2n) is 5.78. The number of carbonyl (C=O) groups is 1. The average molecular weight is 317 g/mol. The first-order valence-corrected chi connectivity index (χ1v) is 8.28. The van der Waals surface area contributed by atoms with Crippen LogP contribution in [0.25, 0.3) is 0 Å². The molecule has 0 unspecified atom stereocenters. The van der Waals surface area contributed by atoms with Gasteiger partial charge in [-0.1, -0.05) is 22.9 Å². The lowest BCUT2D eigenvalue weighted by Crippen LogP contribution is -2.18. The van der Waals surface area contributed by atoms with Crippen molar-refractivity contribution in [1.82, 2.24) is 15.0 Å². The Bertz CT molecular complexity index is 698. The molecule has 0 spiro atoms. The van der Waals surface area contributed by atoms with Gasteiger partial charge in [0, 0.05) is 24.9 Å². The summed E-state index contributed by atoms with van der Waals surface area (Å²) < 4.78 is 5.33. The number of benzene rings is 1. The normalized spacial score (nSPS) is 18.2. The molecule has 0 aliphatic carbocycles. The van der Waals surface area contributed by atoms with E-state index in [2.05, 4.69) is 42.2 Å². The molecule has 5 nitrogen and oxygen atoms in total. The minimum absolute atomic E-state index is 0.0319. The molecule has 1 atom stereocenters. The van der Waals surface area contributed by atoms with Crippen LogP contribution in [-0.4, -0.2) is 34.5 Å². The molecular formula is C16H19N3O2S. The zero-order valence-corrected chi connectivity index (χ0v) is 13.8. The van der Waals surface area contributed by atoms with E-state index in [1.54, 1.807) is 23.7 Å². The third-order valence-corrected chi connectivity index (χ3v) is 5.03. The van der Waals surface area contributed by atoms with Gasteiger partial charge in [-0.25, -0.2) is 0 Å². The highest BCUT2D eigenvalue weighted by atomic mass is 32.2. The van der Waals surface area contributed by atoms with Crippen LogP contribution in [0.15, 0.2) is 27.6 Å². The van der Waals surface area contributed by atoms with Crippen molar-refractivity contribution < 1.29 is 9.32 Å². The van der Waals surface area contributed by atoms with Gasteiger partial charge in [-0.15, -0.1) is 11.8 Å². The van der Waals surface area contributed by atoms with Crippen LogP contribution < -0.4 is 0 Å². The molecule has 3 rings (SSSR count). The van der Waals surface area contributed by atoms with E-state index < -0.39 is 0 Å². The molecule has 1 aromatic heterocycles. The zero-order chi connectivity index (χ0) is 15.7. The van der Waals surface area contributed by atoms with Crippen molar-refractivity contribution in [1.29, 1.82) is 0 Å². The Labute approximate surface area is 134 Å². The van der Waals surface area contributed by atoms with Gasteiger partial charge >= 0.3 is 0 Å². The number of amides is 1. The predicted octanol–water partition coefficient (Wildman–Crippen LogP) is 2.92. The van der Waals surface area contributed by atoms with Crippen molar-refractivity contribution in [3.63, 3.8) is 0 Å². The van der Waals surface area contributed by atoms with Gasteiger partial charge in [-0.05, 0) is 25.5 Å². The number of rotatable bonds is 4. The van der Waals surface area contributed by atoms with Crippen LogP contribution >= 0.6 is 11.8 Å². The summed E-state index contributed by atoms with van der Waals surface area (Å²) in [5.41, 5.74) is 2.50. The molecule has 2 aromatic rings. The minimum Gasteiger partial charge on any atom is -0.345 e. The minimum atomic E-state index is 0.0319. The molecule has 1 aliphatic heterocycles. The number of thioether (sulfide) groups is 1. The van der Waals surface area contributed by atoms with Gasteiger partial charge in [-0.2, -0.15) is 4.98 Å². The summed E-state index contributed by atoms with van der Waals surface area (Å²) in [5, 5.41) is 4.04. The molecule has 0 bridgehead atoms. The first kappa shape index (κ1) is 15.1. The highest BCUT2D eigenvalue weighted by Crippen LogP contribution is 2.29. The van der Waals surface area contributed by atoms with Crippen molar-refractivity contribution in [2.45, 2.75) is 36.8 Å². The van der Waals surface area contributed by atoms with E-state index in [4.69, 9.17) is 4.52 Å². The molecule has 116 valence electrons. The molecule has 1 fully saturated rings. The van der Waals surface area contributed by atoms with Gasteiger partial charge in [0.25, 0.3) is 0 Å². The number of nitrogens with zero attached hydrogens (tertiary/aromatic N) is 3. The fraction of sp³-hybridized carbons (Fsp3) is 0.438. The van der Waals surface area contributed by atoms with Crippen LogP contribution in [0.3, 0.4) is 0 Å². The summed E-state index contributed by atoms with van der Waals surface area (Å²) in [4.78, 5) is 19.0. The number of carbonyl (C=O) groups excluding carboxylic acids is 1. The van der Waals surface area contributed by atoms with E-state index in [-0.39, 0.29) is 11.8 Å². The second kappa shape index (κ2) is 6.12. The lowest BCUT2D eigenvalue weighted by atomic mass is 10.1. The van der Waals surface area contributed by atoms with E-state index in [1.165, 1.54) is 16.0 Å². The molecule has 1 aliphatic rings. The van der Waals surface area contributed by atoms with Gasteiger partial charge in [-0.3, -0.25) is 4.79 Å². The van der Waals surface area contributed by atoms with Gasteiger partial charge in [0.1, 0.15) is 0 Å². The van der Waals surface area contributed by atoms with Crippen LogP contribution in [-0.2, 0) is 10.5 Å². The quantitative estimate of drug-likeness (QED) is 0.812. The Balaban J connectivity index is 1.65. The maximum Gasteiger partial charge on any atom is 0.232 e. The number of likely N-dealkylation sites (N-methyl/N-ethyl adjacent to an activating group) is 1. The molecule has 22 heavy (non-hydrogen) atoms. The fourth-order valence-electron chi connectivity index (χ4n) is 2.53. The summed E-state index contributed by atoms with van der Waals surface area (Å²) in [6.45, 7) is 4.84. The Morgan fingerprint density at radius 3 is 2.95 bits per heavy atom. The standard InChI is InChI=1S/C16H19N3O2S/c1-10-4-5-11(2)13(6-10)22-9-14-17-16(21-18-14)12-7-15(20)19(3)8-12/h4-6,12H,7-9H2,1-3H3/t12-/m1/s1. The van der Waals surface area contributed by atoms with Crippen LogP contribution in [0.1, 0.15) is 35.2 Å². The van der Waals surface area contributed by atoms with Gasteiger partial charge < -0.3 is 9.42 Å². The summed E-state index contributed by atoms with van der Waals surface area (Å²) in [7, 11) is 1.80. The third-order valence-electron chi connectivity index (χ3n) is 3.87. The second-order valence-corrected chi connectivity index (χ2v) is 6.80. The molecule has 1 amide bonds. The topological polar surface area (TPSA) is 59.2 Å². The smallest absolute Gasteiger partial charge is 0.232 e. The molecule has 0 radical (unpaired) electrons. The fourth-order valence-corrected chi connectivity index (χ4v) is 3.49. The van der Waals surface area contributed by atoms with Crippen LogP contribution in [0.4, 0.5) is 0 Å². The number of likely N-dealkylation sites (tertiary alicyclic amines) is 1. The van der Waals surface area contributed by atoms with E-state index >= 15 is 0 Å².